The van der Waals surface area contributed by atoms with E-state index < -0.39 is 6.09 Å². The summed E-state index contributed by atoms with van der Waals surface area (Å²) in [4.78, 5) is 24.1. The lowest BCUT2D eigenvalue weighted by molar-refractivity contribution is -0.123. The van der Waals surface area contributed by atoms with E-state index in [1.807, 2.05) is 0 Å². The fourth-order valence-corrected chi connectivity index (χ4v) is 2.30. The number of amides is 2. The molecule has 0 aliphatic heterocycles. The molecule has 104 valence electrons. The molecule has 2 atom stereocenters. The zero-order valence-electron chi connectivity index (χ0n) is 11.0. The van der Waals surface area contributed by atoms with Crippen molar-refractivity contribution in [2.45, 2.75) is 31.7 Å². The zero-order chi connectivity index (χ0) is 13.5. The Labute approximate surface area is 107 Å². The van der Waals surface area contributed by atoms with Gasteiger partial charge in [0.25, 0.3) is 0 Å². The molecule has 2 N–H and O–H groups in total. The van der Waals surface area contributed by atoms with Crippen LogP contribution in [0.5, 0.6) is 0 Å². The SMILES string of the molecule is COC(=O)N(C)CC(=O)N[C@@H]1CCCC[C@H]1CO. The highest BCUT2D eigenvalue weighted by Crippen LogP contribution is 2.23. The van der Waals surface area contributed by atoms with Crippen LogP contribution in [-0.4, -0.2) is 55.4 Å². The van der Waals surface area contributed by atoms with Crippen LogP contribution in [0.25, 0.3) is 0 Å². The summed E-state index contributed by atoms with van der Waals surface area (Å²) in [6, 6.07) is 0.0160. The van der Waals surface area contributed by atoms with Gasteiger partial charge >= 0.3 is 6.09 Å². The Morgan fingerprint density at radius 3 is 2.67 bits per heavy atom. The molecule has 0 saturated heterocycles. The first kappa shape index (κ1) is 14.8. The number of aliphatic hydroxyl groups excluding tert-OH is 1. The van der Waals surface area contributed by atoms with Crippen molar-refractivity contribution in [3.05, 3.63) is 0 Å². The van der Waals surface area contributed by atoms with E-state index in [9.17, 15) is 14.7 Å². The molecule has 0 heterocycles. The van der Waals surface area contributed by atoms with Crippen LogP contribution in [0.1, 0.15) is 25.7 Å². The van der Waals surface area contributed by atoms with Crippen molar-refractivity contribution in [3.8, 4) is 0 Å². The molecule has 1 fully saturated rings. The summed E-state index contributed by atoms with van der Waals surface area (Å²) >= 11 is 0. The van der Waals surface area contributed by atoms with Crippen molar-refractivity contribution in [1.29, 1.82) is 0 Å². The van der Waals surface area contributed by atoms with Crippen LogP contribution in [-0.2, 0) is 9.53 Å². The van der Waals surface area contributed by atoms with Gasteiger partial charge in [0, 0.05) is 25.6 Å². The van der Waals surface area contributed by atoms with Gasteiger partial charge < -0.3 is 20.1 Å². The van der Waals surface area contributed by atoms with Gasteiger partial charge in [-0.15, -0.1) is 0 Å². The Morgan fingerprint density at radius 2 is 2.06 bits per heavy atom. The minimum absolute atomic E-state index is 0.0160. The Balaban J connectivity index is 2.41. The molecule has 18 heavy (non-hydrogen) atoms. The van der Waals surface area contributed by atoms with E-state index in [1.165, 1.54) is 19.1 Å². The molecule has 0 aromatic rings. The summed E-state index contributed by atoms with van der Waals surface area (Å²) < 4.78 is 4.51. The first-order chi connectivity index (χ1) is 8.58. The second-order valence-electron chi connectivity index (χ2n) is 4.73. The molecular formula is C12H22N2O4. The van der Waals surface area contributed by atoms with E-state index in [0.717, 1.165) is 25.7 Å². The minimum Gasteiger partial charge on any atom is -0.453 e. The van der Waals surface area contributed by atoms with Gasteiger partial charge in [-0.1, -0.05) is 12.8 Å². The Kier molecular flexibility index (Phi) is 5.91. The molecular weight excluding hydrogens is 236 g/mol. The average Bonchev–Trinajstić information content (AvgIpc) is 2.38. The first-order valence-corrected chi connectivity index (χ1v) is 6.27. The van der Waals surface area contributed by atoms with Crippen LogP contribution in [0.4, 0.5) is 4.79 Å². The second-order valence-corrected chi connectivity index (χ2v) is 4.73. The molecule has 2 amide bonds. The number of methoxy groups -OCH3 is 1. The molecule has 1 saturated carbocycles. The number of nitrogens with one attached hydrogen (secondary N) is 1. The molecule has 1 rings (SSSR count). The average molecular weight is 258 g/mol. The third kappa shape index (κ3) is 4.18. The molecule has 0 spiro atoms. The smallest absolute Gasteiger partial charge is 0.409 e. The van der Waals surface area contributed by atoms with Gasteiger partial charge in [0.15, 0.2) is 0 Å². The number of nitrogens with zero attached hydrogens (tertiary/aromatic N) is 1. The van der Waals surface area contributed by atoms with Crippen LogP contribution in [0.3, 0.4) is 0 Å². The number of hydrogen-bond acceptors (Lipinski definition) is 4. The lowest BCUT2D eigenvalue weighted by Crippen LogP contribution is -2.47. The number of aliphatic hydroxyl groups is 1. The zero-order valence-corrected chi connectivity index (χ0v) is 11.0. The van der Waals surface area contributed by atoms with Gasteiger partial charge in [-0.05, 0) is 12.8 Å². The number of hydrogen-bond donors (Lipinski definition) is 2. The molecule has 0 aromatic heterocycles. The lowest BCUT2D eigenvalue weighted by atomic mass is 9.85. The highest BCUT2D eigenvalue weighted by molar-refractivity contribution is 5.82. The van der Waals surface area contributed by atoms with E-state index in [1.54, 1.807) is 0 Å². The maximum absolute atomic E-state index is 11.8. The van der Waals surface area contributed by atoms with Crippen molar-refractivity contribution in [2.24, 2.45) is 5.92 Å². The third-order valence-corrected chi connectivity index (χ3v) is 3.36. The molecule has 0 bridgehead atoms. The highest BCUT2D eigenvalue weighted by atomic mass is 16.5. The fraction of sp³-hybridized carbons (Fsp3) is 0.833. The van der Waals surface area contributed by atoms with E-state index in [-0.39, 0.29) is 31.0 Å². The summed E-state index contributed by atoms with van der Waals surface area (Å²) in [7, 11) is 2.79. The predicted octanol–water partition coefficient (Wildman–Crippen LogP) is 0.352. The number of rotatable bonds is 4. The van der Waals surface area contributed by atoms with Crippen LogP contribution < -0.4 is 5.32 Å². The van der Waals surface area contributed by atoms with Crippen molar-refractivity contribution in [1.82, 2.24) is 10.2 Å². The molecule has 0 unspecified atom stereocenters. The van der Waals surface area contributed by atoms with Gasteiger partial charge in [0.2, 0.25) is 5.91 Å². The molecule has 0 radical (unpaired) electrons. The molecule has 6 nitrogen and oxygen atoms in total. The standard InChI is InChI=1S/C12H22N2O4/c1-14(12(17)18-2)7-11(16)13-10-6-4-3-5-9(10)8-15/h9-10,15H,3-8H2,1-2H3,(H,13,16)/t9-,10+/m0/s1. The van der Waals surface area contributed by atoms with Crippen LogP contribution in [0.15, 0.2) is 0 Å². The predicted molar refractivity (Wildman–Crippen MR) is 66.0 cm³/mol. The number of carbonyl (C=O) groups is 2. The lowest BCUT2D eigenvalue weighted by Gasteiger charge is -2.31. The minimum atomic E-state index is -0.535. The number of likely N-dealkylation sites (N-methyl/N-ethyl adjacent to an activating group) is 1. The van der Waals surface area contributed by atoms with E-state index in [0.29, 0.717) is 0 Å². The van der Waals surface area contributed by atoms with Crippen LogP contribution in [0.2, 0.25) is 0 Å². The Morgan fingerprint density at radius 1 is 1.39 bits per heavy atom. The summed E-state index contributed by atoms with van der Waals surface area (Å²) in [5.74, 6) is -0.0839. The van der Waals surface area contributed by atoms with Crippen LogP contribution in [0, 0.1) is 5.92 Å². The van der Waals surface area contributed by atoms with Crippen molar-refractivity contribution in [2.75, 3.05) is 27.3 Å². The molecule has 1 aliphatic carbocycles. The fourth-order valence-electron chi connectivity index (χ4n) is 2.30. The Hall–Kier alpha value is -1.30. The van der Waals surface area contributed by atoms with Crippen LogP contribution >= 0.6 is 0 Å². The van der Waals surface area contributed by atoms with E-state index in [4.69, 9.17) is 0 Å². The second kappa shape index (κ2) is 7.20. The van der Waals surface area contributed by atoms with Gasteiger partial charge in [-0.3, -0.25) is 4.79 Å². The number of carbonyl (C=O) groups excluding carboxylic acids is 2. The van der Waals surface area contributed by atoms with Crippen molar-refractivity contribution < 1.29 is 19.4 Å². The maximum atomic E-state index is 11.8. The largest absolute Gasteiger partial charge is 0.453 e. The molecule has 0 aromatic carbocycles. The maximum Gasteiger partial charge on any atom is 0.409 e. The highest BCUT2D eigenvalue weighted by Gasteiger charge is 2.26. The van der Waals surface area contributed by atoms with Gasteiger partial charge in [0.05, 0.1) is 7.11 Å². The molecule has 6 heteroatoms. The topological polar surface area (TPSA) is 78.9 Å². The van der Waals surface area contributed by atoms with Crippen molar-refractivity contribution >= 4 is 12.0 Å². The van der Waals surface area contributed by atoms with Gasteiger partial charge in [-0.2, -0.15) is 0 Å². The monoisotopic (exact) mass is 258 g/mol. The summed E-state index contributed by atoms with van der Waals surface area (Å²) in [6.07, 6.45) is 3.45. The van der Waals surface area contributed by atoms with Gasteiger partial charge in [0.1, 0.15) is 6.54 Å². The summed E-state index contributed by atoms with van der Waals surface area (Å²) in [6.45, 7) is 0.0686. The molecule has 1 aliphatic rings. The normalized spacial score (nSPS) is 23.3. The summed E-state index contributed by atoms with van der Waals surface area (Å²) in [5, 5.41) is 12.1. The first-order valence-electron chi connectivity index (χ1n) is 6.27. The van der Waals surface area contributed by atoms with E-state index >= 15 is 0 Å². The summed E-state index contributed by atoms with van der Waals surface area (Å²) in [5.41, 5.74) is 0. The third-order valence-electron chi connectivity index (χ3n) is 3.36. The van der Waals surface area contributed by atoms with Crippen molar-refractivity contribution in [3.63, 3.8) is 0 Å². The van der Waals surface area contributed by atoms with Gasteiger partial charge in [-0.25, -0.2) is 4.79 Å². The van der Waals surface area contributed by atoms with E-state index in [2.05, 4.69) is 10.1 Å². The quantitative estimate of drug-likeness (QED) is 0.762. The Bertz CT molecular complexity index is 296. The number of ether oxygens (including phenoxy) is 1.